The first-order valence-electron chi connectivity index (χ1n) is 10.6. The van der Waals surface area contributed by atoms with Crippen molar-refractivity contribution in [3.63, 3.8) is 0 Å². The number of hydrogen-bond donors (Lipinski definition) is 1. The van der Waals surface area contributed by atoms with Crippen LogP contribution in [-0.2, 0) is 9.59 Å². The van der Waals surface area contributed by atoms with E-state index in [2.05, 4.69) is 5.32 Å². The van der Waals surface area contributed by atoms with Crippen LogP contribution in [-0.4, -0.2) is 25.0 Å². The highest BCUT2D eigenvalue weighted by molar-refractivity contribution is 6.46. The van der Waals surface area contributed by atoms with Gasteiger partial charge in [0, 0.05) is 5.69 Å². The van der Waals surface area contributed by atoms with Gasteiger partial charge in [-0.3, -0.25) is 9.59 Å². The highest BCUT2D eigenvalue weighted by Gasteiger charge is 2.40. The van der Waals surface area contributed by atoms with E-state index in [1.807, 2.05) is 13.8 Å². The number of carbonyl (C=O) groups excluding carboxylic acids is 2. The van der Waals surface area contributed by atoms with E-state index < -0.39 is 17.6 Å². The summed E-state index contributed by atoms with van der Waals surface area (Å²) >= 11 is 0. The Hall–Kier alpha value is -4.13. The number of hydrogen-bond acceptors (Lipinski definition) is 5. The van der Waals surface area contributed by atoms with Crippen molar-refractivity contribution in [1.82, 2.24) is 0 Å². The number of ether oxygens (including phenoxy) is 2. The number of nitrogens with one attached hydrogen (secondary N) is 1. The van der Waals surface area contributed by atoms with Crippen LogP contribution in [0.2, 0.25) is 0 Å². The predicted molar refractivity (Wildman–Crippen MR) is 125 cm³/mol. The summed E-state index contributed by atoms with van der Waals surface area (Å²) in [4.78, 5) is 27.8. The lowest BCUT2D eigenvalue weighted by atomic mass is 10.0. The lowest BCUT2D eigenvalue weighted by Crippen LogP contribution is -2.32. The van der Waals surface area contributed by atoms with Crippen molar-refractivity contribution in [3.8, 4) is 11.5 Å². The number of anilines is 2. The summed E-state index contributed by atoms with van der Waals surface area (Å²) in [5, 5.41) is 3.10. The smallest absolute Gasteiger partial charge is 0.282 e. The number of nitrogens with zero attached hydrogens (tertiary/aromatic N) is 1. The molecule has 168 valence electrons. The molecule has 3 aromatic carbocycles. The minimum atomic E-state index is -0.524. The molecule has 33 heavy (non-hydrogen) atoms. The molecule has 0 saturated heterocycles. The minimum absolute atomic E-state index is 0.137. The average molecular weight is 446 g/mol. The van der Waals surface area contributed by atoms with Gasteiger partial charge in [-0.2, -0.15) is 0 Å². The zero-order valence-electron chi connectivity index (χ0n) is 18.3. The Balaban J connectivity index is 1.74. The van der Waals surface area contributed by atoms with Crippen molar-refractivity contribution in [3.05, 3.63) is 89.9 Å². The van der Waals surface area contributed by atoms with E-state index in [4.69, 9.17) is 9.47 Å². The Bertz CT molecular complexity index is 1190. The largest absolute Gasteiger partial charge is 0.494 e. The monoisotopic (exact) mass is 446 g/mol. The van der Waals surface area contributed by atoms with Gasteiger partial charge in [-0.25, -0.2) is 9.29 Å². The summed E-state index contributed by atoms with van der Waals surface area (Å²) in [5.74, 6) is -0.112. The van der Waals surface area contributed by atoms with Crippen molar-refractivity contribution in [2.75, 3.05) is 23.4 Å². The van der Waals surface area contributed by atoms with E-state index >= 15 is 0 Å². The summed E-state index contributed by atoms with van der Waals surface area (Å²) in [6.45, 7) is 4.84. The maximum absolute atomic E-state index is 13.4. The van der Waals surface area contributed by atoms with Crippen molar-refractivity contribution < 1.29 is 23.5 Å². The molecule has 0 atom stereocenters. The molecule has 0 aromatic heterocycles. The van der Waals surface area contributed by atoms with Crippen LogP contribution < -0.4 is 19.7 Å². The van der Waals surface area contributed by atoms with Gasteiger partial charge < -0.3 is 14.8 Å². The highest BCUT2D eigenvalue weighted by Crippen LogP contribution is 2.34. The molecule has 1 aliphatic rings. The van der Waals surface area contributed by atoms with Crippen molar-refractivity contribution in [2.24, 2.45) is 0 Å². The van der Waals surface area contributed by atoms with E-state index in [-0.39, 0.29) is 11.3 Å². The lowest BCUT2D eigenvalue weighted by molar-refractivity contribution is -0.120. The van der Waals surface area contributed by atoms with Crippen LogP contribution in [0.5, 0.6) is 11.5 Å². The molecule has 2 amide bonds. The number of halogens is 1. The van der Waals surface area contributed by atoms with Crippen LogP contribution in [0.15, 0.2) is 78.5 Å². The summed E-state index contributed by atoms with van der Waals surface area (Å²) < 4.78 is 24.4. The maximum Gasteiger partial charge on any atom is 0.282 e. The molecule has 1 heterocycles. The van der Waals surface area contributed by atoms with Gasteiger partial charge in [0.1, 0.15) is 23.0 Å². The minimum Gasteiger partial charge on any atom is -0.494 e. The fourth-order valence-corrected chi connectivity index (χ4v) is 3.57. The summed E-state index contributed by atoms with van der Waals surface area (Å²) in [5.41, 5.74) is 1.84. The topological polar surface area (TPSA) is 67.9 Å². The first-order valence-corrected chi connectivity index (χ1v) is 10.6. The molecule has 1 aliphatic heterocycles. The van der Waals surface area contributed by atoms with Gasteiger partial charge in [0.05, 0.1) is 24.5 Å². The Morgan fingerprint density at radius 3 is 1.85 bits per heavy atom. The molecule has 0 aliphatic carbocycles. The second kappa shape index (κ2) is 9.56. The SMILES string of the molecule is CCOc1ccc(NC2=C(c3ccc(OCC)cc3)C(=O)N(c3ccc(F)cc3)C2=O)cc1. The summed E-state index contributed by atoms with van der Waals surface area (Å²) in [6.07, 6.45) is 0. The second-order valence-corrected chi connectivity index (χ2v) is 7.21. The van der Waals surface area contributed by atoms with E-state index in [0.29, 0.717) is 41.7 Å². The molecular formula is C26H23FN2O4. The van der Waals surface area contributed by atoms with Crippen molar-refractivity contribution >= 4 is 28.8 Å². The fourth-order valence-electron chi connectivity index (χ4n) is 3.57. The van der Waals surface area contributed by atoms with Gasteiger partial charge in [-0.1, -0.05) is 12.1 Å². The number of amides is 2. The van der Waals surface area contributed by atoms with Crippen LogP contribution in [0.25, 0.3) is 5.57 Å². The molecule has 0 unspecified atom stereocenters. The molecular weight excluding hydrogens is 423 g/mol. The first kappa shape index (κ1) is 22.1. The van der Waals surface area contributed by atoms with Gasteiger partial charge in [0.2, 0.25) is 0 Å². The predicted octanol–water partition coefficient (Wildman–Crippen LogP) is 5.02. The van der Waals surface area contributed by atoms with Crippen LogP contribution in [0.3, 0.4) is 0 Å². The van der Waals surface area contributed by atoms with Gasteiger partial charge in [0.25, 0.3) is 11.8 Å². The molecule has 0 saturated carbocycles. The normalized spacial score (nSPS) is 13.5. The third-order valence-corrected chi connectivity index (χ3v) is 5.06. The number of carbonyl (C=O) groups is 2. The molecule has 0 spiro atoms. The maximum atomic E-state index is 13.4. The number of rotatable bonds is 8. The van der Waals surface area contributed by atoms with Crippen molar-refractivity contribution in [1.29, 1.82) is 0 Å². The molecule has 4 rings (SSSR count). The Kier molecular flexibility index (Phi) is 6.40. The molecule has 1 N–H and O–H groups in total. The van der Waals surface area contributed by atoms with Crippen LogP contribution in [0, 0.1) is 5.82 Å². The van der Waals surface area contributed by atoms with Gasteiger partial charge in [0.15, 0.2) is 0 Å². The Morgan fingerprint density at radius 1 is 0.758 bits per heavy atom. The van der Waals surface area contributed by atoms with Gasteiger partial charge >= 0.3 is 0 Å². The van der Waals surface area contributed by atoms with Gasteiger partial charge in [-0.15, -0.1) is 0 Å². The highest BCUT2D eigenvalue weighted by atomic mass is 19.1. The number of imide groups is 1. The van der Waals surface area contributed by atoms with Gasteiger partial charge in [-0.05, 0) is 80.1 Å². The Labute approximate surface area is 191 Å². The molecule has 0 radical (unpaired) electrons. The fraction of sp³-hybridized carbons (Fsp3) is 0.154. The van der Waals surface area contributed by atoms with Crippen molar-refractivity contribution in [2.45, 2.75) is 13.8 Å². The zero-order valence-corrected chi connectivity index (χ0v) is 18.3. The van der Waals surface area contributed by atoms with Crippen LogP contribution in [0.1, 0.15) is 19.4 Å². The quantitative estimate of drug-likeness (QED) is 0.492. The molecule has 0 bridgehead atoms. The first-order chi connectivity index (χ1) is 16.0. The zero-order chi connectivity index (χ0) is 23.4. The van der Waals surface area contributed by atoms with E-state index in [1.54, 1.807) is 48.5 Å². The second-order valence-electron chi connectivity index (χ2n) is 7.21. The average Bonchev–Trinajstić information content (AvgIpc) is 3.06. The number of benzene rings is 3. The van der Waals surface area contributed by atoms with E-state index in [1.165, 1.54) is 24.3 Å². The third-order valence-electron chi connectivity index (χ3n) is 5.06. The lowest BCUT2D eigenvalue weighted by Gasteiger charge is -2.15. The molecule has 0 fully saturated rings. The third kappa shape index (κ3) is 4.57. The summed E-state index contributed by atoms with van der Waals surface area (Å²) in [7, 11) is 0. The summed E-state index contributed by atoms with van der Waals surface area (Å²) in [6, 6.07) is 19.3. The van der Waals surface area contributed by atoms with E-state index in [9.17, 15) is 14.0 Å². The van der Waals surface area contributed by atoms with Crippen LogP contribution in [0.4, 0.5) is 15.8 Å². The molecule has 3 aromatic rings. The van der Waals surface area contributed by atoms with Crippen LogP contribution >= 0.6 is 0 Å². The molecule has 7 heteroatoms. The Morgan fingerprint density at radius 2 is 1.30 bits per heavy atom. The molecule has 6 nitrogen and oxygen atoms in total. The standard InChI is InChI=1S/C26H23FN2O4/c1-3-32-21-13-5-17(6-14-21)23-24(28-19-9-15-22(16-10-19)33-4-2)26(31)29(25(23)30)20-11-7-18(27)8-12-20/h5-16,28H,3-4H2,1-2H3. The van der Waals surface area contributed by atoms with E-state index in [0.717, 1.165) is 4.90 Å².